The third kappa shape index (κ3) is 3.54. The number of nitrogens with one attached hydrogen (secondary N) is 2. The summed E-state index contributed by atoms with van der Waals surface area (Å²) in [5, 5.41) is 6.02. The summed E-state index contributed by atoms with van der Waals surface area (Å²) < 4.78 is 13.7. The van der Waals surface area contributed by atoms with E-state index in [2.05, 4.69) is 27.5 Å². The smallest absolute Gasteiger partial charge is 0.224 e. The molecular weight excluding hydrogens is 267 g/mol. The first-order valence-corrected chi connectivity index (χ1v) is 6.36. The summed E-state index contributed by atoms with van der Waals surface area (Å²) >= 11 is 5.72. The first-order valence-electron chi connectivity index (χ1n) is 5.98. The van der Waals surface area contributed by atoms with Crippen LogP contribution >= 0.6 is 11.6 Å². The summed E-state index contributed by atoms with van der Waals surface area (Å²) in [5.74, 6) is 0.523. The van der Waals surface area contributed by atoms with Crippen molar-refractivity contribution in [3.63, 3.8) is 0 Å². The predicted molar refractivity (Wildman–Crippen MR) is 75.5 cm³/mol. The number of aromatic nitrogens is 2. The molecule has 0 saturated heterocycles. The first-order chi connectivity index (χ1) is 9.20. The fourth-order valence-corrected chi connectivity index (χ4v) is 1.66. The molecule has 0 saturated carbocycles. The second-order valence-electron chi connectivity index (χ2n) is 3.92. The second-order valence-corrected chi connectivity index (χ2v) is 4.33. The molecule has 1 aromatic carbocycles. The van der Waals surface area contributed by atoms with Crippen LogP contribution in [0.4, 0.5) is 21.8 Å². The molecule has 0 bridgehead atoms. The van der Waals surface area contributed by atoms with Crippen LogP contribution in [0.15, 0.2) is 30.5 Å². The number of anilines is 3. The fourth-order valence-electron chi connectivity index (χ4n) is 1.49. The van der Waals surface area contributed by atoms with Crippen molar-refractivity contribution >= 4 is 29.1 Å². The number of hydrogen-bond donors (Lipinski definition) is 2. The van der Waals surface area contributed by atoms with Crippen molar-refractivity contribution in [1.29, 1.82) is 0 Å². The maximum atomic E-state index is 13.7. The van der Waals surface area contributed by atoms with Gasteiger partial charge in [0.05, 0.1) is 10.7 Å². The highest BCUT2D eigenvalue weighted by Gasteiger charge is 2.07. The molecular formula is C13H14ClFN4. The molecule has 2 rings (SSSR count). The van der Waals surface area contributed by atoms with Crippen LogP contribution in [0.1, 0.15) is 13.3 Å². The SMILES string of the molecule is CCCNc1nccc(Nc2cccc(Cl)c2F)n1. The lowest BCUT2D eigenvalue weighted by Crippen LogP contribution is -2.05. The van der Waals surface area contributed by atoms with E-state index in [1.807, 2.05) is 0 Å². The van der Waals surface area contributed by atoms with Crippen molar-refractivity contribution in [3.8, 4) is 0 Å². The largest absolute Gasteiger partial charge is 0.354 e. The summed E-state index contributed by atoms with van der Waals surface area (Å²) in [7, 11) is 0. The minimum Gasteiger partial charge on any atom is -0.354 e. The maximum absolute atomic E-state index is 13.7. The number of hydrogen-bond acceptors (Lipinski definition) is 4. The van der Waals surface area contributed by atoms with Gasteiger partial charge in [-0.25, -0.2) is 9.37 Å². The third-order valence-electron chi connectivity index (χ3n) is 2.40. The maximum Gasteiger partial charge on any atom is 0.224 e. The third-order valence-corrected chi connectivity index (χ3v) is 2.69. The highest BCUT2D eigenvalue weighted by atomic mass is 35.5. The second kappa shape index (κ2) is 6.33. The van der Waals surface area contributed by atoms with Crippen molar-refractivity contribution in [1.82, 2.24) is 9.97 Å². The molecule has 0 amide bonds. The zero-order chi connectivity index (χ0) is 13.7. The minimum absolute atomic E-state index is 0.0726. The molecule has 0 unspecified atom stereocenters. The molecule has 2 N–H and O–H groups in total. The lowest BCUT2D eigenvalue weighted by atomic mass is 10.3. The molecule has 1 aromatic heterocycles. The van der Waals surface area contributed by atoms with Crippen LogP contribution in [0.3, 0.4) is 0 Å². The van der Waals surface area contributed by atoms with Crippen LogP contribution in [-0.4, -0.2) is 16.5 Å². The molecule has 4 nitrogen and oxygen atoms in total. The Kier molecular flexibility index (Phi) is 4.52. The van der Waals surface area contributed by atoms with E-state index >= 15 is 0 Å². The summed E-state index contributed by atoms with van der Waals surface area (Å²) in [6.07, 6.45) is 2.58. The standard InChI is InChI=1S/C13H14ClFN4/c1-2-7-16-13-17-8-6-11(19-13)18-10-5-3-4-9(14)12(10)15/h3-6,8H,2,7H2,1H3,(H2,16,17,18,19). The van der Waals surface area contributed by atoms with Gasteiger partial charge in [0.2, 0.25) is 5.95 Å². The molecule has 0 aliphatic rings. The van der Waals surface area contributed by atoms with E-state index in [9.17, 15) is 4.39 Å². The molecule has 19 heavy (non-hydrogen) atoms. The van der Waals surface area contributed by atoms with E-state index in [-0.39, 0.29) is 10.7 Å². The minimum atomic E-state index is -0.495. The van der Waals surface area contributed by atoms with E-state index in [4.69, 9.17) is 11.6 Å². The highest BCUT2D eigenvalue weighted by molar-refractivity contribution is 6.31. The van der Waals surface area contributed by atoms with Gasteiger partial charge in [-0.15, -0.1) is 0 Å². The average Bonchev–Trinajstić information content (AvgIpc) is 2.42. The van der Waals surface area contributed by atoms with E-state index in [0.717, 1.165) is 13.0 Å². The molecule has 0 spiro atoms. The Bertz CT molecular complexity index is 562. The van der Waals surface area contributed by atoms with E-state index in [0.29, 0.717) is 11.8 Å². The Labute approximate surface area is 116 Å². The van der Waals surface area contributed by atoms with Crippen LogP contribution in [0.25, 0.3) is 0 Å². The van der Waals surface area contributed by atoms with Gasteiger partial charge in [-0.1, -0.05) is 24.6 Å². The summed E-state index contributed by atoms with van der Waals surface area (Å²) in [6.45, 7) is 2.84. The van der Waals surface area contributed by atoms with E-state index in [1.54, 1.807) is 24.4 Å². The molecule has 1 heterocycles. The quantitative estimate of drug-likeness (QED) is 0.874. The van der Waals surface area contributed by atoms with Gasteiger partial charge in [0.1, 0.15) is 5.82 Å². The Morgan fingerprint density at radius 2 is 2.16 bits per heavy atom. The van der Waals surface area contributed by atoms with Gasteiger partial charge in [-0.3, -0.25) is 0 Å². The Balaban J connectivity index is 2.16. The van der Waals surface area contributed by atoms with E-state index in [1.165, 1.54) is 6.07 Å². The van der Waals surface area contributed by atoms with Gasteiger partial charge >= 0.3 is 0 Å². The molecule has 6 heteroatoms. The molecule has 0 aliphatic carbocycles. The molecule has 0 radical (unpaired) electrons. The predicted octanol–water partition coefficient (Wildman–Crippen LogP) is 3.83. The summed E-state index contributed by atoms with van der Waals surface area (Å²) in [6, 6.07) is 6.43. The van der Waals surface area contributed by atoms with Gasteiger partial charge in [0.25, 0.3) is 0 Å². The summed E-state index contributed by atoms with van der Waals surface area (Å²) in [4.78, 5) is 8.31. The number of nitrogens with zero attached hydrogens (tertiary/aromatic N) is 2. The van der Waals surface area contributed by atoms with Crippen LogP contribution in [-0.2, 0) is 0 Å². The van der Waals surface area contributed by atoms with Crippen LogP contribution in [0.2, 0.25) is 5.02 Å². The topological polar surface area (TPSA) is 49.8 Å². The Hall–Kier alpha value is -1.88. The van der Waals surface area contributed by atoms with Crippen LogP contribution < -0.4 is 10.6 Å². The molecule has 0 atom stereocenters. The number of benzene rings is 1. The van der Waals surface area contributed by atoms with Crippen LogP contribution in [0, 0.1) is 5.82 Å². The van der Waals surface area contributed by atoms with Crippen molar-refractivity contribution in [3.05, 3.63) is 41.3 Å². The van der Waals surface area contributed by atoms with Crippen molar-refractivity contribution < 1.29 is 4.39 Å². The molecule has 2 aromatic rings. The Morgan fingerprint density at radius 1 is 1.32 bits per heavy atom. The lowest BCUT2D eigenvalue weighted by molar-refractivity contribution is 0.632. The zero-order valence-corrected chi connectivity index (χ0v) is 11.2. The number of halogens is 2. The fraction of sp³-hybridized carbons (Fsp3) is 0.231. The van der Waals surface area contributed by atoms with Crippen molar-refractivity contribution in [2.24, 2.45) is 0 Å². The highest BCUT2D eigenvalue weighted by Crippen LogP contribution is 2.24. The van der Waals surface area contributed by atoms with Gasteiger partial charge in [-0.05, 0) is 24.6 Å². The van der Waals surface area contributed by atoms with Gasteiger partial charge in [-0.2, -0.15) is 4.98 Å². The monoisotopic (exact) mass is 280 g/mol. The van der Waals surface area contributed by atoms with Gasteiger partial charge < -0.3 is 10.6 Å². The molecule has 0 aliphatic heterocycles. The molecule has 100 valence electrons. The molecule has 0 fully saturated rings. The summed E-state index contributed by atoms with van der Waals surface area (Å²) in [5.41, 5.74) is 0.285. The van der Waals surface area contributed by atoms with Crippen LogP contribution in [0.5, 0.6) is 0 Å². The van der Waals surface area contributed by atoms with Crippen molar-refractivity contribution in [2.45, 2.75) is 13.3 Å². The van der Waals surface area contributed by atoms with Gasteiger partial charge in [0.15, 0.2) is 5.82 Å². The van der Waals surface area contributed by atoms with Gasteiger partial charge in [0, 0.05) is 12.7 Å². The number of rotatable bonds is 5. The Morgan fingerprint density at radius 3 is 2.95 bits per heavy atom. The lowest BCUT2D eigenvalue weighted by Gasteiger charge is -2.09. The average molecular weight is 281 g/mol. The first kappa shape index (κ1) is 13.5. The van der Waals surface area contributed by atoms with E-state index < -0.39 is 5.82 Å². The zero-order valence-electron chi connectivity index (χ0n) is 10.5. The van der Waals surface area contributed by atoms with Crippen molar-refractivity contribution in [2.75, 3.05) is 17.2 Å². The normalized spacial score (nSPS) is 10.3.